The number of nitrogens with zero attached hydrogens (tertiary/aromatic N) is 2. The molecule has 17 heavy (non-hydrogen) atoms. The van der Waals surface area contributed by atoms with Gasteiger partial charge in [-0.05, 0) is 6.92 Å². The second-order valence-electron chi connectivity index (χ2n) is 2.98. The molecule has 1 aromatic rings. The number of ether oxygens (including phenoxy) is 1. The van der Waals surface area contributed by atoms with Gasteiger partial charge >= 0.3 is 5.97 Å². The number of aromatic nitrogens is 2. The van der Waals surface area contributed by atoms with E-state index in [0.717, 1.165) is 0 Å². The first kappa shape index (κ1) is 13.8. The topological polar surface area (TPSA) is 78.1 Å². The van der Waals surface area contributed by atoms with Gasteiger partial charge in [-0.3, -0.25) is 0 Å². The number of nitrogens with two attached hydrogens (primary N) is 1. The van der Waals surface area contributed by atoms with Crippen molar-refractivity contribution < 1.29 is 9.53 Å². The van der Waals surface area contributed by atoms with Gasteiger partial charge in [0.25, 0.3) is 0 Å². The van der Waals surface area contributed by atoms with Crippen molar-refractivity contribution in [1.82, 2.24) is 9.97 Å². The van der Waals surface area contributed by atoms with Crippen LogP contribution in [0, 0.1) is 0 Å². The van der Waals surface area contributed by atoms with Crippen molar-refractivity contribution in [2.24, 2.45) is 0 Å². The van der Waals surface area contributed by atoms with E-state index < -0.39 is 5.97 Å². The SMILES string of the molecule is C=C(Cl)CSc1ncc(C(=O)OCC)c(N)n1. The van der Waals surface area contributed by atoms with Crippen molar-refractivity contribution in [2.75, 3.05) is 18.1 Å². The number of nitrogen functional groups attached to an aromatic ring is 1. The van der Waals surface area contributed by atoms with Crippen molar-refractivity contribution in [2.45, 2.75) is 12.1 Å². The first-order valence-corrected chi connectivity index (χ1v) is 6.16. The van der Waals surface area contributed by atoms with Crippen LogP contribution in [0.2, 0.25) is 0 Å². The summed E-state index contributed by atoms with van der Waals surface area (Å²) in [5, 5.41) is 0.934. The highest BCUT2D eigenvalue weighted by molar-refractivity contribution is 7.99. The molecule has 0 aliphatic carbocycles. The van der Waals surface area contributed by atoms with E-state index in [1.54, 1.807) is 6.92 Å². The van der Waals surface area contributed by atoms with Gasteiger partial charge in [0.15, 0.2) is 5.16 Å². The van der Waals surface area contributed by atoms with Crippen molar-refractivity contribution in [1.29, 1.82) is 0 Å². The molecule has 1 rings (SSSR count). The largest absolute Gasteiger partial charge is 0.462 e. The minimum absolute atomic E-state index is 0.0983. The Morgan fingerprint density at radius 2 is 2.41 bits per heavy atom. The molecule has 0 amide bonds. The summed E-state index contributed by atoms with van der Waals surface area (Å²) in [6.45, 7) is 5.54. The van der Waals surface area contributed by atoms with Gasteiger partial charge in [-0.15, -0.1) is 0 Å². The van der Waals surface area contributed by atoms with Crippen LogP contribution in [0.1, 0.15) is 17.3 Å². The normalized spacial score (nSPS) is 10.0. The van der Waals surface area contributed by atoms with E-state index in [9.17, 15) is 4.79 Å². The standard InChI is InChI=1S/C10H12ClN3O2S/c1-3-16-9(15)7-4-13-10(14-8(7)12)17-5-6(2)11/h4H,2-3,5H2,1H3,(H2,12,13,14). The molecule has 0 aliphatic rings. The number of esters is 1. The molecule has 0 atom stereocenters. The van der Waals surface area contributed by atoms with Gasteiger partial charge in [-0.2, -0.15) is 0 Å². The molecular formula is C10H12ClN3O2S. The van der Waals surface area contributed by atoms with E-state index in [1.807, 2.05) is 0 Å². The van der Waals surface area contributed by atoms with Crippen LogP contribution in [-0.4, -0.2) is 28.3 Å². The molecule has 2 N–H and O–H groups in total. The first-order chi connectivity index (χ1) is 8.04. The molecule has 0 spiro atoms. The smallest absolute Gasteiger partial charge is 0.343 e. The Balaban J connectivity index is 2.79. The van der Waals surface area contributed by atoms with Gasteiger partial charge < -0.3 is 10.5 Å². The lowest BCUT2D eigenvalue weighted by molar-refractivity contribution is 0.0526. The Morgan fingerprint density at radius 3 is 2.94 bits per heavy atom. The van der Waals surface area contributed by atoms with E-state index in [0.29, 0.717) is 15.9 Å². The predicted octanol–water partition coefficient (Wildman–Crippen LogP) is 2.08. The maximum Gasteiger partial charge on any atom is 0.343 e. The van der Waals surface area contributed by atoms with Crippen LogP contribution in [0.3, 0.4) is 0 Å². The van der Waals surface area contributed by atoms with Crippen molar-refractivity contribution >= 4 is 35.1 Å². The molecule has 0 aromatic carbocycles. The highest BCUT2D eigenvalue weighted by Gasteiger charge is 2.13. The van der Waals surface area contributed by atoms with E-state index in [1.165, 1.54) is 18.0 Å². The zero-order valence-corrected chi connectivity index (χ0v) is 10.8. The zero-order valence-electron chi connectivity index (χ0n) is 9.27. The average molecular weight is 274 g/mol. The van der Waals surface area contributed by atoms with Crippen LogP contribution in [0.4, 0.5) is 5.82 Å². The second-order valence-corrected chi connectivity index (χ2v) is 4.45. The molecule has 1 heterocycles. The summed E-state index contributed by atoms with van der Waals surface area (Å²) in [4.78, 5) is 19.4. The molecule has 0 radical (unpaired) electrons. The molecule has 0 saturated carbocycles. The Hall–Kier alpha value is -1.27. The molecule has 0 saturated heterocycles. The predicted molar refractivity (Wildman–Crippen MR) is 68.1 cm³/mol. The number of hydrogen-bond acceptors (Lipinski definition) is 6. The molecule has 1 aromatic heterocycles. The third-order valence-electron chi connectivity index (χ3n) is 1.65. The van der Waals surface area contributed by atoms with Gasteiger partial charge in [0.05, 0.1) is 6.61 Å². The third-order valence-corrected chi connectivity index (χ3v) is 2.89. The minimum Gasteiger partial charge on any atom is -0.462 e. The second kappa shape index (κ2) is 6.46. The van der Waals surface area contributed by atoms with Crippen LogP contribution < -0.4 is 5.73 Å². The lowest BCUT2D eigenvalue weighted by Crippen LogP contribution is -2.10. The van der Waals surface area contributed by atoms with E-state index in [2.05, 4.69) is 16.5 Å². The van der Waals surface area contributed by atoms with Crippen LogP contribution in [0.5, 0.6) is 0 Å². The Kier molecular flexibility index (Phi) is 5.24. The minimum atomic E-state index is -0.525. The number of carbonyl (C=O) groups excluding carboxylic acids is 1. The number of hydrogen-bond donors (Lipinski definition) is 1. The van der Waals surface area contributed by atoms with Crippen LogP contribution in [0.25, 0.3) is 0 Å². The lowest BCUT2D eigenvalue weighted by Gasteiger charge is -2.05. The highest BCUT2D eigenvalue weighted by Crippen LogP contribution is 2.19. The third kappa shape index (κ3) is 4.24. The molecule has 0 fully saturated rings. The van der Waals surface area contributed by atoms with E-state index >= 15 is 0 Å². The van der Waals surface area contributed by atoms with Crippen molar-refractivity contribution in [3.8, 4) is 0 Å². The van der Waals surface area contributed by atoms with Gasteiger partial charge in [0.2, 0.25) is 0 Å². The van der Waals surface area contributed by atoms with Crippen LogP contribution in [0.15, 0.2) is 23.0 Å². The quantitative estimate of drug-likeness (QED) is 0.503. The van der Waals surface area contributed by atoms with Crippen molar-refractivity contribution in [3.05, 3.63) is 23.4 Å². The molecule has 0 aliphatic heterocycles. The molecule has 5 nitrogen and oxygen atoms in total. The summed E-state index contributed by atoms with van der Waals surface area (Å²) in [5.41, 5.74) is 5.81. The van der Waals surface area contributed by atoms with E-state index in [4.69, 9.17) is 22.1 Å². The number of halogens is 1. The fourth-order valence-electron chi connectivity index (χ4n) is 0.957. The number of anilines is 1. The van der Waals surface area contributed by atoms with Gasteiger partial charge in [-0.25, -0.2) is 14.8 Å². The maximum atomic E-state index is 11.4. The number of carbonyl (C=O) groups is 1. The maximum absolute atomic E-state index is 11.4. The monoisotopic (exact) mass is 273 g/mol. The zero-order chi connectivity index (χ0) is 12.8. The summed E-state index contributed by atoms with van der Waals surface area (Å²) in [7, 11) is 0. The fraction of sp³-hybridized carbons (Fsp3) is 0.300. The van der Waals surface area contributed by atoms with Crippen LogP contribution >= 0.6 is 23.4 Å². The summed E-state index contributed by atoms with van der Waals surface area (Å²) in [5.74, 6) is 0.0594. The Bertz CT molecular complexity index is 440. The average Bonchev–Trinajstić information content (AvgIpc) is 2.26. The van der Waals surface area contributed by atoms with Gasteiger partial charge in [-0.1, -0.05) is 29.9 Å². The lowest BCUT2D eigenvalue weighted by atomic mass is 10.3. The fourth-order valence-corrected chi connectivity index (χ4v) is 1.70. The highest BCUT2D eigenvalue weighted by atomic mass is 35.5. The van der Waals surface area contributed by atoms with Gasteiger partial charge in [0, 0.05) is 17.0 Å². The molecule has 92 valence electrons. The molecule has 7 heteroatoms. The number of rotatable bonds is 5. The Labute approximate surface area is 108 Å². The molecular weight excluding hydrogens is 262 g/mol. The Morgan fingerprint density at radius 1 is 1.71 bits per heavy atom. The first-order valence-electron chi connectivity index (χ1n) is 4.80. The van der Waals surface area contributed by atoms with Gasteiger partial charge in [0.1, 0.15) is 11.4 Å². The summed E-state index contributed by atoms with van der Waals surface area (Å²) < 4.78 is 4.81. The molecule has 0 unspecified atom stereocenters. The van der Waals surface area contributed by atoms with E-state index in [-0.39, 0.29) is 18.0 Å². The number of thioether (sulfide) groups is 1. The summed E-state index contributed by atoms with van der Waals surface area (Å²) >= 11 is 6.90. The summed E-state index contributed by atoms with van der Waals surface area (Å²) in [6, 6.07) is 0. The van der Waals surface area contributed by atoms with Crippen molar-refractivity contribution in [3.63, 3.8) is 0 Å². The summed E-state index contributed by atoms with van der Waals surface area (Å²) in [6.07, 6.45) is 1.35. The molecule has 0 bridgehead atoms. The van der Waals surface area contributed by atoms with Crippen LogP contribution in [-0.2, 0) is 4.74 Å².